The Morgan fingerprint density at radius 1 is 1.30 bits per heavy atom. The van der Waals surface area contributed by atoms with Crippen LogP contribution >= 0.6 is 0 Å². The number of aromatic nitrogens is 6. The van der Waals surface area contributed by atoms with Crippen molar-refractivity contribution in [1.29, 1.82) is 0 Å². The number of H-pyrrole nitrogens is 1. The third-order valence-electron chi connectivity index (χ3n) is 4.19. The number of hydrogen-bond donors (Lipinski definition) is 1. The van der Waals surface area contributed by atoms with E-state index in [2.05, 4.69) is 29.3 Å². The van der Waals surface area contributed by atoms with Crippen molar-refractivity contribution >= 4 is 10.1 Å². The minimum absolute atomic E-state index is 0.0914. The van der Waals surface area contributed by atoms with Gasteiger partial charge in [-0.3, -0.25) is 5.10 Å². The van der Waals surface area contributed by atoms with Crippen LogP contribution in [-0.2, 0) is 16.7 Å². The van der Waals surface area contributed by atoms with E-state index in [0.29, 0.717) is 35.3 Å². The molecule has 0 fully saturated rings. The maximum atomic E-state index is 12.5. The molecule has 1 N–H and O–H groups in total. The van der Waals surface area contributed by atoms with Crippen molar-refractivity contribution in [3.63, 3.8) is 0 Å². The van der Waals surface area contributed by atoms with E-state index in [9.17, 15) is 21.6 Å². The molecule has 4 rings (SSSR count). The van der Waals surface area contributed by atoms with Crippen molar-refractivity contribution < 1.29 is 30.5 Å². The van der Waals surface area contributed by atoms with E-state index in [0.717, 1.165) is 12.3 Å². The molecular weight excluding hydrogens is 429 g/mol. The summed E-state index contributed by atoms with van der Waals surface area (Å²) >= 11 is 0. The number of halogens is 3. The topological polar surface area (TPSA) is 125 Å². The van der Waals surface area contributed by atoms with Gasteiger partial charge in [-0.05, 0) is 0 Å². The first-order chi connectivity index (χ1) is 14.0. The van der Waals surface area contributed by atoms with Crippen molar-refractivity contribution in [1.82, 2.24) is 29.7 Å². The molecule has 3 aromatic heterocycles. The maximum absolute atomic E-state index is 12.5. The van der Waals surface area contributed by atoms with E-state index in [1.165, 1.54) is 0 Å². The lowest BCUT2D eigenvalue weighted by Gasteiger charge is -2.11. The fourth-order valence-electron chi connectivity index (χ4n) is 2.73. The number of fused-ring (bicyclic) bond motifs is 3. The van der Waals surface area contributed by atoms with Gasteiger partial charge in [0.1, 0.15) is 23.9 Å². The van der Waals surface area contributed by atoms with Gasteiger partial charge in [0, 0.05) is 24.4 Å². The summed E-state index contributed by atoms with van der Waals surface area (Å²) in [5.41, 5.74) is -4.70. The molecule has 0 bridgehead atoms. The molecule has 160 valence electrons. The molecule has 4 heterocycles. The number of rotatable bonds is 4. The third-order valence-corrected chi connectivity index (χ3v) is 5.15. The second kappa shape index (κ2) is 6.97. The lowest BCUT2D eigenvalue weighted by atomic mass is 10.2. The van der Waals surface area contributed by atoms with Crippen molar-refractivity contribution in [2.45, 2.75) is 31.8 Å². The first-order valence-electron chi connectivity index (χ1n) is 8.69. The Hall–Kier alpha value is -3.16. The molecule has 0 atom stereocenters. The Kier molecular flexibility index (Phi) is 4.67. The quantitative estimate of drug-likeness (QED) is 0.481. The molecule has 3 aromatic rings. The van der Waals surface area contributed by atoms with Crippen molar-refractivity contribution in [3.8, 4) is 34.5 Å². The zero-order valence-electron chi connectivity index (χ0n) is 15.6. The first-order valence-corrected chi connectivity index (χ1v) is 10.1. The molecule has 10 nitrogen and oxygen atoms in total. The van der Waals surface area contributed by atoms with Gasteiger partial charge in [0.2, 0.25) is 5.88 Å². The average molecular weight is 444 g/mol. The molecule has 30 heavy (non-hydrogen) atoms. The summed E-state index contributed by atoms with van der Waals surface area (Å²) in [6.07, 6.45) is 2.88. The van der Waals surface area contributed by atoms with Crippen LogP contribution in [0.2, 0.25) is 0 Å². The number of alkyl halides is 3. The van der Waals surface area contributed by atoms with Crippen LogP contribution < -0.4 is 8.92 Å². The number of hydrogen-bond acceptors (Lipinski definition) is 8. The van der Waals surface area contributed by atoms with Crippen LogP contribution in [0.25, 0.3) is 22.9 Å². The number of nitrogens with one attached hydrogen (secondary N) is 1. The van der Waals surface area contributed by atoms with Crippen LogP contribution in [-0.4, -0.2) is 50.2 Å². The van der Waals surface area contributed by atoms with Crippen LogP contribution in [0.1, 0.15) is 25.6 Å². The van der Waals surface area contributed by atoms with Gasteiger partial charge in [0.15, 0.2) is 11.6 Å². The van der Waals surface area contributed by atoms with Gasteiger partial charge < -0.3 is 13.5 Å². The average Bonchev–Trinajstić information content (AvgIpc) is 3.25. The summed E-state index contributed by atoms with van der Waals surface area (Å²) in [7, 11) is -5.84. The molecule has 0 unspecified atom stereocenters. The maximum Gasteiger partial charge on any atom is 0.534 e. The fourth-order valence-corrected chi connectivity index (χ4v) is 3.14. The van der Waals surface area contributed by atoms with E-state index in [1.807, 2.05) is 13.8 Å². The molecule has 0 aromatic carbocycles. The highest BCUT2D eigenvalue weighted by molar-refractivity contribution is 7.87. The van der Waals surface area contributed by atoms with E-state index in [4.69, 9.17) is 4.74 Å². The monoisotopic (exact) mass is 444 g/mol. The van der Waals surface area contributed by atoms with E-state index >= 15 is 0 Å². The normalized spacial score (nSPS) is 14.1. The fraction of sp³-hybridized carbons (Fsp3) is 0.375. The summed E-state index contributed by atoms with van der Waals surface area (Å²) in [5, 5.41) is 6.96. The number of aromatic amines is 1. The van der Waals surface area contributed by atoms with Crippen molar-refractivity contribution in [3.05, 3.63) is 24.3 Å². The molecule has 0 aliphatic carbocycles. The largest absolute Gasteiger partial charge is 0.534 e. The number of ether oxygens (including phenoxy) is 1. The van der Waals surface area contributed by atoms with Crippen molar-refractivity contribution in [2.24, 2.45) is 0 Å². The Labute approximate surface area is 168 Å². The molecule has 0 saturated carbocycles. The Morgan fingerprint density at radius 2 is 2.07 bits per heavy atom. The van der Waals surface area contributed by atoms with Gasteiger partial charge in [-0.1, -0.05) is 13.8 Å². The number of nitrogens with zero attached hydrogens (tertiary/aromatic N) is 5. The van der Waals surface area contributed by atoms with Crippen LogP contribution in [0.4, 0.5) is 13.2 Å². The van der Waals surface area contributed by atoms with Gasteiger partial charge >= 0.3 is 15.6 Å². The zero-order chi connectivity index (χ0) is 21.7. The lowest BCUT2D eigenvalue weighted by Crippen LogP contribution is -2.28. The minimum atomic E-state index is -5.84. The molecule has 0 spiro atoms. The van der Waals surface area contributed by atoms with Gasteiger partial charge in [-0.25, -0.2) is 15.0 Å². The summed E-state index contributed by atoms with van der Waals surface area (Å²) in [5.74, 6) is 0.979. The number of imidazole rings is 1. The van der Waals surface area contributed by atoms with E-state index < -0.39 is 21.5 Å². The Bertz CT molecular complexity index is 1200. The minimum Gasteiger partial charge on any atom is -0.491 e. The Morgan fingerprint density at radius 3 is 2.73 bits per heavy atom. The summed E-state index contributed by atoms with van der Waals surface area (Å²) in [4.78, 5) is 12.6. The van der Waals surface area contributed by atoms with Gasteiger partial charge in [-0.2, -0.15) is 26.7 Å². The van der Waals surface area contributed by atoms with E-state index in [1.54, 1.807) is 10.8 Å². The van der Waals surface area contributed by atoms with Crippen LogP contribution in [0.5, 0.6) is 11.6 Å². The van der Waals surface area contributed by atoms with Crippen molar-refractivity contribution in [2.75, 3.05) is 6.61 Å². The predicted molar refractivity (Wildman–Crippen MR) is 96.0 cm³/mol. The SMILES string of the molecule is CC(C)c1n[nH]c(-c2cn3c(n2)-c2cnc(OS(=O)(=O)C(F)(F)F)cc2OCC3)n1. The predicted octanol–water partition coefficient (Wildman–Crippen LogP) is 2.47. The molecule has 14 heteroatoms. The van der Waals surface area contributed by atoms with Gasteiger partial charge in [-0.15, -0.1) is 0 Å². The van der Waals surface area contributed by atoms with Gasteiger partial charge in [0.25, 0.3) is 0 Å². The van der Waals surface area contributed by atoms with Crippen LogP contribution in [0.3, 0.4) is 0 Å². The smallest absolute Gasteiger partial charge is 0.491 e. The highest BCUT2D eigenvalue weighted by Crippen LogP contribution is 2.36. The summed E-state index contributed by atoms with van der Waals surface area (Å²) < 4.78 is 71.4. The second-order valence-electron chi connectivity index (χ2n) is 6.69. The van der Waals surface area contributed by atoms with E-state index in [-0.39, 0.29) is 18.3 Å². The van der Waals surface area contributed by atoms with Crippen LogP contribution in [0.15, 0.2) is 18.5 Å². The molecular formula is C16H15F3N6O4S. The van der Waals surface area contributed by atoms with Crippen LogP contribution in [0, 0.1) is 0 Å². The highest BCUT2D eigenvalue weighted by Gasteiger charge is 2.49. The molecule has 0 saturated heterocycles. The summed E-state index contributed by atoms with van der Waals surface area (Å²) in [6.45, 7) is 4.46. The summed E-state index contributed by atoms with van der Waals surface area (Å²) in [6, 6.07) is 0.980. The third kappa shape index (κ3) is 3.58. The zero-order valence-corrected chi connectivity index (χ0v) is 16.5. The number of pyridine rings is 1. The molecule has 1 aliphatic rings. The Balaban J connectivity index is 1.69. The van der Waals surface area contributed by atoms with Gasteiger partial charge in [0.05, 0.1) is 12.1 Å². The molecule has 0 radical (unpaired) electrons. The molecule has 0 amide bonds. The standard InChI is InChI=1S/C16H15F3N6O4S/c1-8(2)13-22-14(24-23-13)10-7-25-3-4-28-11-5-12(20-6-9(11)15(25)21-10)29-30(26,27)16(17,18)19/h5-8H,3-4H2,1-2H3,(H,22,23,24). The molecule has 1 aliphatic heterocycles. The lowest BCUT2D eigenvalue weighted by molar-refractivity contribution is -0.0501. The second-order valence-corrected chi connectivity index (χ2v) is 8.23. The highest BCUT2D eigenvalue weighted by atomic mass is 32.2. The first kappa shape index (κ1) is 20.1.